The van der Waals surface area contributed by atoms with Crippen LogP contribution in [0.25, 0.3) is 33.5 Å². The average molecular weight is 408 g/mol. The Morgan fingerprint density at radius 2 is 1.85 bits per heavy atom. The molecule has 0 aliphatic heterocycles. The molecule has 5 heteroatoms. The van der Waals surface area contributed by atoms with Crippen LogP contribution in [0.3, 0.4) is 0 Å². The van der Waals surface area contributed by atoms with Gasteiger partial charge in [-0.2, -0.15) is 0 Å². The first kappa shape index (κ1) is 16.5. The topological polar surface area (TPSA) is 63.3 Å². The van der Waals surface area contributed by atoms with Crippen molar-refractivity contribution in [2.75, 3.05) is 0 Å². The molecule has 2 aromatic carbocycles. The Kier molecular flexibility index (Phi) is 4.09. The molecule has 2 heterocycles. The monoisotopic (exact) mass is 407 g/mol. The van der Waals surface area contributed by atoms with Gasteiger partial charge < -0.3 is 9.52 Å². The summed E-state index contributed by atoms with van der Waals surface area (Å²) in [4.78, 5) is 16.4. The van der Waals surface area contributed by atoms with E-state index in [9.17, 15) is 9.90 Å². The Balaban J connectivity index is 1.91. The van der Waals surface area contributed by atoms with Gasteiger partial charge in [-0.3, -0.25) is 0 Å². The van der Waals surface area contributed by atoms with Gasteiger partial charge in [0.2, 0.25) is 0 Å². The first-order chi connectivity index (χ1) is 12.5. The van der Waals surface area contributed by atoms with Crippen molar-refractivity contribution in [3.8, 4) is 22.6 Å². The summed E-state index contributed by atoms with van der Waals surface area (Å²) in [6, 6.07) is 18.7. The van der Waals surface area contributed by atoms with Crippen LogP contribution in [0.4, 0.5) is 0 Å². The lowest BCUT2D eigenvalue weighted by Crippen LogP contribution is -2.00. The zero-order chi connectivity index (χ0) is 18.3. The number of hydrogen-bond donors (Lipinski definition) is 1. The number of carboxylic acid groups (broad SMARTS) is 1. The number of fused-ring (bicyclic) bond motifs is 1. The Bertz CT molecular complexity index is 1130. The van der Waals surface area contributed by atoms with Gasteiger partial charge in [0.15, 0.2) is 0 Å². The number of aryl methyl sites for hydroxylation is 1. The van der Waals surface area contributed by atoms with Gasteiger partial charge in [-0.25, -0.2) is 9.78 Å². The number of benzene rings is 2. The molecule has 4 aromatic rings. The molecule has 0 saturated heterocycles. The van der Waals surface area contributed by atoms with E-state index in [1.807, 2.05) is 55.5 Å². The van der Waals surface area contributed by atoms with Gasteiger partial charge in [0.25, 0.3) is 0 Å². The molecular formula is C21H14BrNO3. The van der Waals surface area contributed by atoms with E-state index in [0.29, 0.717) is 22.4 Å². The van der Waals surface area contributed by atoms with Crippen molar-refractivity contribution >= 4 is 32.8 Å². The number of aromatic nitrogens is 1. The molecule has 0 unspecified atom stereocenters. The SMILES string of the molecule is Cc1oc(-c2ccccc2)cc1-c1cc(C(=O)O)c2cc(Br)ccc2n1. The molecule has 2 aromatic heterocycles. The number of halogens is 1. The van der Waals surface area contributed by atoms with Crippen LogP contribution in [0.2, 0.25) is 0 Å². The summed E-state index contributed by atoms with van der Waals surface area (Å²) in [5.74, 6) is 0.443. The largest absolute Gasteiger partial charge is 0.478 e. The van der Waals surface area contributed by atoms with Gasteiger partial charge in [-0.05, 0) is 37.3 Å². The number of carbonyl (C=O) groups is 1. The highest BCUT2D eigenvalue weighted by Gasteiger charge is 2.17. The van der Waals surface area contributed by atoms with Crippen LogP contribution >= 0.6 is 15.9 Å². The number of furan rings is 1. The maximum Gasteiger partial charge on any atom is 0.336 e. The van der Waals surface area contributed by atoms with Crippen molar-refractivity contribution in [1.29, 1.82) is 0 Å². The molecule has 0 spiro atoms. The molecule has 0 saturated carbocycles. The third-order valence-electron chi connectivity index (χ3n) is 4.25. The summed E-state index contributed by atoms with van der Waals surface area (Å²) in [7, 11) is 0. The van der Waals surface area contributed by atoms with Crippen LogP contribution in [0, 0.1) is 6.92 Å². The van der Waals surface area contributed by atoms with Gasteiger partial charge >= 0.3 is 5.97 Å². The minimum absolute atomic E-state index is 0.216. The van der Waals surface area contributed by atoms with Gasteiger partial charge in [0.1, 0.15) is 11.5 Å². The molecule has 0 atom stereocenters. The molecule has 4 rings (SSSR count). The minimum Gasteiger partial charge on any atom is -0.478 e. The molecule has 0 radical (unpaired) electrons. The Morgan fingerprint density at radius 1 is 1.08 bits per heavy atom. The van der Waals surface area contributed by atoms with Crippen molar-refractivity contribution in [2.45, 2.75) is 6.92 Å². The molecule has 0 fully saturated rings. The Hall–Kier alpha value is -2.92. The molecule has 128 valence electrons. The zero-order valence-electron chi connectivity index (χ0n) is 13.9. The molecule has 0 bridgehead atoms. The lowest BCUT2D eigenvalue weighted by molar-refractivity contribution is 0.0699. The van der Waals surface area contributed by atoms with E-state index in [2.05, 4.69) is 20.9 Å². The first-order valence-corrected chi connectivity index (χ1v) is 8.82. The van der Waals surface area contributed by atoms with E-state index in [1.54, 1.807) is 12.1 Å². The van der Waals surface area contributed by atoms with Crippen molar-refractivity contribution in [3.63, 3.8) is 0 Å². The van der Waals surface area contributed by atoms with Crippen molar-refractivity contribution in [1.82, 2.24) is 4.98 Å². The Morgan fingerprint density at radius 3 is 2.58 bits per heavy atom. The minimum atomic E-state index is -0.985. The number of pyridine rings is 1. The fourth-order valence-corrected chi connectivity index (χ4v) is 3.36. The van der Waals surface area contributed by atoms with E-state index in [4.69, 9.17) is 4.42 Å². The summed E-state index contributed by atoms with van der Waals surface area (Å²) >= 11 is 3.38. The zero-order valence-corrected chi connectivity index (χ0v) is 15.4. The van der Waals surface area contributed by atoms with Crippen LogP contribution in [-0.2, 0) is 0 Å². The molecule has 0 aliphatic rings. The quantitative estimate of drug-likeness (QED) is 0.456. The van der Waals surface area contributed by atoms with Crippen LogP contribution in [0.5, 0.6) is 0 Å². The summed E-state index contributed by atoms with van der Waals surface area (Å²) in [5.41, 5.74) is 3.18. The highest BCUT2D eigenvalue weighted by molar-refractivity contribution is 9.10. The number of hydrogen-bond acceptors (Lipinski definition) is 3. The van der Waals surface area contributed by atoms with Gasteiger partial charge in [-0.1, -0.05) is 46.3 Å². The number of aromatic carboxylic acids is 1. The second kappa shape index (κ2) is 6.42. The third-order valence-corrected chi connectivity index (χ3v) is 4.75. The van der Waals surface area contributed by atoms with Gasteiger partial charge in [0.05, 0.1) is 16.8 Å². The second-order valence-corrected chi connectivity index (χ2v) is 6.88. The standard InChI is InChI=1S/C21H14BrNO3/c1-12-15(11-20(26-12)13-5-3-2-4-6-13)19-10-17(21(24)25)16-9-14(22)7-8-18(16)23-19/h2-11H,1H3,(H,24,25). The van der Waals surface area contributed by atoms with E-state index in [0.717, 1.165) is 21.4 Å². The summed E-state index contributed by atoms with van der Waals surface area (Å²) in [5, 5.41) is 10.2. The molecule has 0 amide bonds. The number of carboxylic acids is 1. The molecular weight excluding hydrogens is 394 g/mol. The molecule has 26 heavy (non-hydrogen) atoms. The smallest absolute Gasteiger partial charge is 0.336 e. The highest BCUT2D eigenvalue weighted by Crippen LogP contribution is 2.33. The predicted octanol–water partition coefficient (Wildman–Crippen LogP) is 5.93. The van der Waals surface area contributed by atoms with Gasteiger partial charge in [-0.15, -0.1) is 0 Å². The van der Waals surface area contributed by atoms with Crippen LogP contribution in [-0.4, -0.2) is 16.1 Å². The summed E-state index contributed by atoms with van der Waals surface area (Å²) < 4.78 is 6.70. The molecule has 0 aliphatic carbocycles. The predicted molar refractivity (Wildman–Crippen MR) is 104 cm³/mol. The van der Waals surface area contributed by atoms with Gasteiger partial charge in [0, 0.05) is 21.0 Å². The van der Waals surface area contributed by atoms with Crippen molar-refractivity contribution in [3.05, 3.63) is 76.5 Å². The number of nitrogens with zero attached hydrogens (tertiary/aromatic N) is 1. The lowest BCUT2D eigenvalue weighted by atomic mass is 10.0. The molecule has 1 N–H and O–H groups in total. The van der Waals surface area contributed by atoms with E-state index in [-0.39, 0.29) is 5.56 Å². The molecule has 4 nitrogen and oxygen atoms in total. The van der Waals surface area contributed by atoms with E-state index < -0.39 is 5.97 Å². The first-order valence-electron chi connectivity index (χ1n) is 8.03. The van der Waals surface area contributed by atoms with Crippen LogP contribution in [0.1, 0.15) is 16.1 Å². The summed E-state index contributed by atoms with van der Waals surface area (Å²) in [6.45, 7) is 1.86. The normalized spacial score (nSPS) is 11.0. The van der Waals surface area contributed by atoms with E-state index in [1.165, 1.54) is 0 Å². The van der Waals surface area contributed by atoms with Crippen LogP contribution in [0.15, 0.2) is 69.6 Å². The van der Waals surface area contributed by atoms with Crippen molar-refractivity contribution < 1.29 is 14.3 Å². The fourth-order valence-electron chi connectivity index (χ4n) is 2.99. The maximum absolute atomic E-state index is 11.8. The van der Waals surface area contributed by atoms with Crippen LogP contribution < -0.4 is 0 Å². The van der Waals surface area contributed by atoms with Crippen molar-refractivity contribution in [2.24, 2.45) is 0 Å². The second-order valence-electron chi connectivity index (χ2n) is 5.97. The third kappa shape index (κ3) is 2.91. The fraction of sp³-hybridized carbons (Fsp3) is 0.0476. The van der Waals surface area contributed by atoms with E-state index >= 15 is 0 Å². The Labute approximate surface area is 158 Å². The highest BCUT2D eigenvalue weighted by atomic mass is 79.9. The maximum atomic E-state index is 11.8. The number of rotatable bonds is 3. The summed E-state index contributed by atoms with van der Waals surface area (Å²) in [6.07, 6.45) is 0. The average Bonchev–Trinajstić information content (AvgIpc) is 3.03. The lowest BCUT2D eigenvalue weighted by Gasteiger charge is -2.07.